The number of rotatable bonds is 14. The lowest BCUT2D eigenvalue weighted by Crippen LogP contribution is -2.74. The van der Waals surface area contributed by atoms with E-state index in [4.69, 9.17) is 33.2 Å². The first-order valence-corrected chi connectivity index (χ1v) is 25.8. The maximum absolute atomic E-state index is 14.2. The summed E-state index contributed by atoms with van der Waals surface area (Å²) in [5, 5.41) is 68.0. The molecule has 0 radical (unpaired) electrons. The minimum atomic E-state index is -4.62. The molecule has 8 N–H and O–H groups in total. The van der Waals surface area contributed by atoms with Gasteiger partial charge in [0.15, 0.2) is 16.8 Å². The van der Waals surface area contributed by atoms with Crippen molar-refractivity contribution in [3.8, 4) is 0 Å². The average molecular weight is 1100 g/mol. The number of aliphatic hydroxyl groups excluding tert-OH is 2. The fraction of sp³-hybridized carbons (Fsp3) is 0.688. The number of para-hydroxylation sites is 1. The Morgan fingerprint density at radius 2 is 1.46 bits per heavy atom. The van der Waals surface area contributed by atoms with Crippen molar-refractivity contribution in [1.82, 2.24) is 30.5 Å². The van der Waals surface area contributed by atoms with Gasteiger partial charge in [0.1, 0.15) is 46.5 Å². The third-order valence-corrected chi connectivity index (χ3v) is 13.7. The van der Waals surface area contributed by atoms with Crippen LogP contribution in [0, 0.1) is 16.0 Å². The second kappa shape index (κ2) is 23.0. The molecule has 0 aromatic heterocycles. The van der Waals surface area contributed by atoms with Crippen LogP contribution >= 0.6 is 0 Å². The molecular weight excluding hydrogens is 1030 g/mol. The molecule has 426 valence electrons. The topological polar surface area (TPSA) is 363 Å². The summed E-state index contributed by atoms with van der Waals surface area (Å²) in [5.41, 5.74) is -8.06. The molecule has 4 aliphatic rings. The van der Waals surface area contributed by atoms with Crippen molar-refractivity contribution in [2.24, 2.45) is 5.92 Å². The van der Waals surface area contributed by atoms with Crippen molar-refractivity contribution in [2.75, 3.05) is 33.3 Å². The maximum Gasteiger partial charge on any atom is 0.415 e. The van der Waals surface area contributed by atoms with Gasteiger partial charge in [0, 0.05) is 25.1 Å². The van der Waals surface area contributed by atoms with Crippen LogP contribution < -0.4 is 20.7 Å². The zero-order valence-corrected chi connectivity index (χ0v) is 45.5. The van der Waals surface area contributed by atoms with Crippen LogP contribution in [0.5, 0.6) is 0 Å². The third kappa shape index (κ3) is 15.4. The number of carbonyl (C=O) groups is 5. The molecule has 1 aromatic carbocycles. The van der Waals surface area contributed by atoms with Gasteiger partial charge in [-0.1, -0.05) is 18.7 Å². The molecule has 3 fully saturated rings. The first-order chi connectivity index (χ1) is 34.8. The summed E-state index contributed by atoms with van der Waals surface area (Å²) in [5.74, 6) is -2.66. The Hall–Kier alpha value is -5.88. The van der Waals surface area contributed by atoms with Crippen LogP contribution in [0.4, 0.5) is 24.9 Å². The molecule has 28 heteroatoms. The Labute approximate surface area is 440 Å². The predicted octanol–water partition coefficient (Wildman–Crippen LogP) is 2.00. The van der Waals surface area contributed by atoms with E-state index in [1.54, 1.807) is 62.3 Å². The number of amides is 5. The largest absolute Gasteiger partial charge is 0.491 e. The van der Waals surface area contributed by atoms with Gasteiger partial charge in [-0.15, -0.1) is 0 Å². The number of likely N-dealkylation sites (N-methyl/N-ethyl adjacent to an activating group) is 1. The first kappa shape index (κ1) is 61.0. The number of benzene rings is 1. The third-order valence-electron chi connectivity index (χ3n) is 12.3. The van der Waals surface area contributed by atoms with Crippen molar-refractivity contribution < 1.29 is 90.9 Å². The monoisotopic (exact) mass is 1100 g/mol. The molecule has 1 saturated carbocycles. The van der Waals surface area contributed by atoms with Gasteiger partial charge in [-0.05, 0) is 101 Å². The molecule has 2 saturated heterocycles. The summed E-state index contributed by atoms with van der Waals surface area (Å²) >= 11 is 0. The molecule has 3 aliphatic heterocycles. The summed E-state index contributed by atoms with van der Waals surface area (Å²) in [7, 11) is -3.35. The second-order valence-electron chi connectivity index (χ2n) is 22.5. The number of sulfonamides is 1. The molecule has 11 atom stereocenters. The van der Waals surface area contributed by atoms with E-state index in [-0.39, 0.29) is 17.9 Å². The molecule has 0 spiro atoms. The highest BCUT2D eigenvalue weighted by Gasteiger charge is 2.58. The van der Waals surface area contributed by atoms with Crippen molar-refractivity contribution >= 4 is 46.0 Å². The Morgan fingerprint density at radius 3 is 2.01 bits per heavy atom. The number of likely N-dealkylation sites (tertiary alicyclic amines) is 1. The van der Waals surface area contributed by atoms with Crippen LogP contribution in [-0.2, 0) is 48.0 Å². The highest BCUT2D eigenvalue weighted by molar-refractivity contribution is 7.89. The highest BCUT2D eigenvalue weighted by atomic mass is 32.2. The maximum atomic E-state index is 14.2. The number of nitro benzene ring substituents is 1. The van der Waals surface area contributed by atoms with Crippen molar-refractivity contribution in [3.63, 3.8) is 0 Å². The predicted molar refractivity (Wildman–Crippen MR) is 265 cm³/mol. The number of nitrogens with zero attached hydrogens (tertiary/aromatic N) is 3. The number of hydrogen-bond acceptors (Lipinski definition) is 20. The van der Waals surface area contributed by atoms with Gasteiger partial charge in [-0.2, -0.15) is 0 Å². The molecule has 76 heavy (non-hydrogen) atoms. The van der Waals surface area contributed by atoms with Crippen LogP contribution in [-0.4, -0.2) is 190 Å². The van der Waals surface area contributed by atoms with E-state index in [0.29, 0.717) is 0 Å². The van der Waals surface area contributed by atoms with Crippen LogP contribution in [0.3, 0.4) is 0 Å². The Bertz CT molecular complexity index is 2500. The minimum Gasteiger partial charge on any atom is -0.491 e. The quantitative estimate of drug-likeness (QED) is 0.0571. The Balaban J connectivity index is 1.61. The fourth-order valence-corrected chi connectivity index (χ4v) is 10.3. The zero-order chi connectivity index (χ0) is 57.3. The number of carbonyl (C=O) groups excluding carboxylic acids is 5. The number of β-amino-alcohol motifs (C(OH)–C–C–N with tert-alkyl or cyclic N) is 1. The van der Waals surface area contributed by atoms with Crippen molar-refractivity contribution in [2.45, 2.75) is 177 Å². The second-order valence-corrected chi connectivity index (χ2v) is 24.3. The summed E-state index contributed by atoms with van der Waals surface area (Å²) in [6, 6.07) is -0.926. The lowest BCUT2D eigenvalue weighted by molar-refractivity contribution is -0.387. The van der Waals surface area contributed by atoms with Crippen LogP contribution in [0.15, 0.2) is 53.3 Å². The minimum absolute atomic E-state index is 0.0418. The van der Waals surface area contributed by atoms with Crippen molar-refractivity contribution in [1.29, 1.82) is 0 Å². The lowest BCUT2D eigenvalue weighted by atomic mass is 9.72. The van der Waals surface area contributed by atoms with Gasteiger partial charge in [0.25, 0.3) is 11.6 Å². The summed E-state index contributed by atoms with van der Waals surface area (Å²) in [4.78, 5) is 79.8. The van der Waals surface area contributed by atoms with Gasteiger partial charge in [-0.3, -0.25) is 14.9 Å². The number of nitro groups is 1. The Morgan fingerprint density at radius 1 is 0.895 bits per heavy atom. The lowest BCUT2D eigenvalue weighted by Gasteiger charge is -2.52. The van der Waals surface area contributed by atoms with E-state index in [1.165, 1.54) is 39.1 Å². The van der Waals surface area contributed by atoms with Gasteiger partial charge in [-0.25, -0.2) is 32.3 Å². The van der Waals surface area contributed by atoms with E-state index in [1.807, 2.05) is 0 Å². The number of aliphatic hydroxyl groups is 4. The summed E-state index contributed by atoms with van der Waals surface area (Å²) < 4.78 is 70.0. The first-order valence-electron chi connectivity index (χ1n) is 24.4. The van der Waals surface area contributed by atoms with Crippen molar-refractivity contribution in [3.05, 3.63) is 58.6 Å². The van der Waals surface area contributed by atoms with Crippen LogP contribution in [0.1, 0.15) is 89.0 Å². The van der Waals surface area contributed by atoms with Crippen LogP contribution in [0.25, 0.3) is 0 Å². The molecule has 3 heterocycles. The highest BCUT2D eigenvalue weighted by Crippen LogP contribution is 2.40. The van der Waals surface area contributed by atoms with Gasteiger partial charge < -0.3 is 79.3 Å². The molecule has 1 aromatic rings. The number of nitrogens with one attached hydrogen (secondary N) is 4. The molecule has 5 amide bonds. The number of ether oxygens (including phenoxy) is 7. The fourth-order valence-electron chi connectivity index (χ4n) is 9.15. The van der Waals surface area contributed by atoms with E-state index in [0.717, 1.165) is 21.9 Å². The van der Waals surface area contributed by atoms with Crippen LogP contribution in [0.2, 0.25) is 0 Å². The van der Waals surface area contributed by atoms with Gasteiger partial charge in [0.05, 0.1) is 61.2 Å². The summed E-state index contributed by atoms with van der Waals surface area (Å²) in [6.45, 7) is 18.2. The van der Waals surface area contributed by atoms with E-state index in [2.05, 4.69) is 27.3 Å². The molecule has 1 aliphatic carbocycles. The van der Waals surface area contributed by atoms with Gasteiger partial charge in [0.2, 0.25) is 10.0 Å². The normalized spacial score (nSPS) is 28.7. The van der Waals surface area contributed by atoms with Gasteiger partial charge >= 0.3 is 24.4 Å². The van der Waals surface area contributed by atoms with E-state index < -0.39 is 177 Å². The Kier molecular flexibility index (Phi) is 18.4. The average Bonchev–Trinajstić information content (AvgIpc) is 3.24. The number of alkyl carbamates (subject to hydrolysis) is 2. The van der Waals surface area contributed by atoms with E-state index >= 15 is 0 Å². The summed E-state index contributed by atoms with van der Waals surface area (Å²) in [6.07, 6.45) is -12.1. The molecular formula is C48H73N7O20S. The molecule has 0 bridgehead atoms. The SMILES string of the molecule is C=C(C)OC(=O)N1CC(O)(C(=O)N[C@@H]2C[C@H](NC(=O)OC(C)(C)C)C([C@H]3OC(CNS(=O)(=O)c4ccccc4[N+](=O)[O-])=CC[C@H]3NC(=O)OC(C)(C)C)[C@H](O)[C@H]2O[C@H]2OC[C@](C)(O)[C@H](N(C)C(=O)OC(C)(C)C)[C@H]2O)C1. The van der Waals surface area contributed by atoms with E-state index in [9.17, 15) is 62.9 Å². The molecule has 1 unspecified atom stereocenters. The smallest absolute Gasteiger partial charge is 0.415 e. The molecule has 27 nitrogen and oxygen atoms in total. The zero-order valence-electron chi connectivity index (χ0n) is 44.7. The molecule has 5 rings (SSSR count). The standard InChI is InChI=1S/C48H73N7O20S/c1-25(2)70-43(62)54-22-48(64,23-54)39(58)50-29-20-28(52-41(60)74-45(6,7)8)32(33(56)36(29)72-38-34(57)37(47(12,63)24-69-38)53(13)42(61)75-46(9,10)11)35-27(51-40(59)73-44(3,4)5)19-18-26(71-35)21-49-76(67,68)31-17-15-14-16-30(31)55(65)66/h14-18,27-29,32-38,49,56-57,63-64H,1,19-24H2,2-13H3,(H,50,58)(H,51,59)(H,52,60)/t27-,28+,29-,32?,33+,34-,35+,36+,37-,38-,47+/m1/s1. The number of allylic oxidation sites excluding steroid dienone is 1. The number of hydrogen-bond donors (Lipinski definition) is 8.